The lowest BCUT2D eigenvalue weighted by Crippen LogP contribution is -2.16. The molecule has 76 valence electrons. The first-order valence-corrected chi connectivity index (χ1v) is 4.28. The number of halogens is 2. The maximum absolute atomic E-state index is 13.3. The Labute approximate surface area is 80.4 Å². The molecule has 0 aromatic heterocycles. The van der Waals surface area contributed by atoms with Crippen LogP contribution in [0.1, 0.15) is 12.5 Å². The molecule has 1 aliphatic heterocycles. The second-order valence-corrected chi connectivity index (χ2v) is 3.26. The summed E-state index contributed by atoms with van der Waals surface area (Å²) in [4.78, 5) is 0. The normalized spacial score (nSPS) is 30.4. The fourth-order valence-corrected chi connectivity index (χ4v) is 1.61. The van der Waals surface area contributed by atoms with E-state index in [9.17, 15) is 8.78 Å². The van der Waals surface area contributed by atoms with Crippen molar-refractivity contribution in [2.45, 2.75) is 18.8 Å². The molecule has 4 heteroatoms. The molecule has 2 rings (SSSR count). The summed E-state index contributed by atoms with van der Waals surface area (Å²) in [6.07, 6.45) is -0.201. The average Bonchev–Trinajstić information content (AvgIpc) is 2.78. The van der Waals surface area contributed by atoms with Crippen LogP contribution in [0, 0.1) is 11.6 Å². The van der Waals surface area contributed by atoms with Gasteiger partial charge in [-0.2, -0.15) is 0 Å². The summed E-state index contributed by atoms with van der Waals surface area (Å²) in [7, 11) is 1.44. The summed E-state index contributed by atoms with van der Waals surface area (Å²) in [6, 6.07) is 3.36. The van der Waals surface area contributed by atoms with Crippen LogP contribution < -0.4 is 0 Å². The highest BCUT2D eigenvalue weighted by Gasteiger charge is 2.57. The lowest BCUT2D eigenvalue weighted by Gasteiger charge is -2.11. The maximum Gasteiger partial charge on any atom is 0.225 e. The van der Waals surface area contributed by atoms with Gasteiger partial charge in [-0.15, -0.1) is 0 Å². The fraction of sp³-hybridized carbons (Fsp3) is 0.400. The van der Waals surface area contributed by atoms with Crippen LogP contribution in [0.3, 0.4) is 0 Å². The van der Waals surface area contributed by atoms with Gasteiger partial charge in [0, 0.05) is 18.7 Å². The van der Waals surface area contributed by atoms with Gasteiger partial charge in [-0.25, -0.2) is 8.78 Å². The zero-order valence-corrected chi connectivity index (χ0v) is 7.88. The molecule has 0 radical (unpaired) electrons. The fourth-order valence-electron chi connectivity index (χ4n) is 1.61. The number of methoxy groups -OCH3 is 1. The number of epoxide rings is 1. The quantitative estimate of drug-likeness (QED) is 0.682. The molecule has 0 N–H and O–H groups in total. The summed E-state index contributed by atoms with van der Waals surface area (Å²) < 4.78 is 36.2. The van der Waals surface area contributed by atoms with Crippen molar-refractivity contribution in [3.63, 3.8) is 0 Å². The van der Waals surface area contributed by atoms with Gasteiger partial charge in [0.25, 0.3) is 0 Å². The van der Waals surface area contributed by atoms with Gasteiger partial charge in [-0.1, -0.05) is 0 Å². The van der Waals surface area contributed by atoms with Gasteiger partial charge in [0.1, 0.15) is 17.7 Å². The molecule has 2 unspecified atom stereocenters. The Morgan fingerprint density at radius 1 is 1.43 bits per heavy atom. The first-order valence-electron chi connectivity index (χ1n) is 4.28. The summed E-state index contributed by atoms with van der Waals surface area (Å²) in [6.45, 7) is 1.77. The van der Waals surface area contributed by atoms with Gasteiger partial charge in [0.15, 0.2) is 0 Å². The van der Waals surface area contributed by atoms with Crippen LogP contribution in [0.5, 0.6) is 0 Å². The summed E-state index contributed by atoms with van der Waals surface area (Å²) >= 11 is 0. The van der Waals surface area contributed by atoms with Gasteiger partial charge in [0.2, 0.25) is 5.79 Å². The Hall–Kier alpha value is -1.00. The van der Waals surface area contributed by atoms with Crippen molar-refractivity contribution >= 4 is 0 Å². The van der Waals surface area contributed by atoms with E-state index in [2.05, 4.69) is 0 Å². The molecule has 0 amide bonds. The Morgan fingerprint density at radius 2 is 2.07 bits per heavy atom. The van der Waals surface area contributed by atoms with Crippen LogP contribution in [-0.2, 0) is 15.3 Å². The van der Waals surface area contributed by atoms with E-state index in [1.54, 1.807) is 6.92 Å². The second-order valence-electron chi connectivity index (χ2n) is 3.26. The predicted molar refractivity (Wildman–Crippen MR) is 45.6 cm³/mol. The third-order valence-corrected chi connectivity index (χ3v) is 2.44. The van der Waals surface area contributed by atoms with Crippen molar-refractivity contribution in [1.82, 2.24) is 0 Å². The van der Waals surface area contributed by atoms with Crippen molar-refractivity contribution < 1.29 is 18.3 Å². The van der Waals surface area contributed by atoms with Crippen molar-refractivity contribution in [3.05, 3.63) is 35.4 Å². The molecule has 1 saturated heterocycles. The first-order chi connectivity index (χ1) is 6.60. The van der Waals surface area contributed by atoms with Crippen LogP contribution in [0.15, 0.2) is 18.2 Å². The van der Waals surface area contributed by atoms with Gasteiger partial charge in [-0.05, 0) is 19.1 Å². The average molecular weight is 200 g/mol. The van der Waals surface area contributed by atoms with E-state index in [0.29, 0.717) is 0 Å². The zero-order valence-electron chi connectivity index (χ0n) is 7.88. The molecule has 0 spiro atoms. The monoisotopic (exact) mass is 200 g/mol. The van der Waals surface area contributed by atoms with Gasteiger partial charge in [0.05, 0.1) is 0 Å². The zero-order chi connectivity index (χ0) is 10.3. The molecule has 1 fully saturated rings. The summed E-state index contributed by atoms with van der Waals surface area (Å²) in [5.74, 6) is -2.26. The SMILES string of the molecule is COC1(c2ccc(F)cc2F)OC1C. The molecule has 0 bridgehead atoms. The van der Waals surface area contributed by atoms with Crippen LogP contribution in [0.4, 0.5) is 8.78 Å². The molecular weight excluding hydrogens is 190 g/mol. The summed E-state index contributed by atoms with van der Waals surface area (Å²) in [5.41, 5.74) is 0.244. The molecule has 2 nitrogen and oxygen atoms in total. The van der Waals surface area contributed by atoms with Crippen molar-refractivity contribution in [1.29, 1.82) is 0 Å². The lowest BCUT2D eigenvalue weighted by molar-refractivity contribution is -0.0168. The number of benzene rings is 1. The smallest absolute Gasteiger partial charge is 0.225 e. The number of hydrogen-bond acceptors (Lipinski definition) is 2. The van der Waals surface area contributed by atoms with Crippen LogP contribution >= 0.6 is 0 Å². The van der Waals surface area contributed by atoms with E-state index < -0.39 is 17.4 Å². The first kappa shape index (κ1) is 9.55. The Balaban J connectivity index is 2.42. The van der Waals surface area contributed by atoms with Crippen LogP contribution in [0.2, 0.25) is 0 Å². The topological polar surface area (TPSA) is 21.8 Å². The third kappa shape index (κ3) is 1.22. The highest BCUT2D eigenvalue weighted by Crippen LogP contribution is 2.47. The van der Waals surface area contributed by atoms with Crippen molar-refractivity contribution in [2.24, 2.45) is 0 Å². The number of rotatable bonds is 2. The van der Waals surface area contributed by atoms with Gasteiger partial charge in [-0.3, -0.25) is 0 Å². The Kier molecular flexibility index (Phi) is 2.05. The highest BCUT2D eigenvalue weighted by molar-refractivity contribution is 5.28. The summed E-state index contributed by atoms with van der Waals surface area (Å²) in [5, 5.41) is 0. The maximum atomic E-state index is 13.3. The molecule has 1 aromatic carbocycles. The van der Waals surface area contributed by atoms with Crippen LogP contribution in [0.25, 0.3) is 0 Å². The van der Waals surface area contributed by atoms with E-state index in [0.717, 1.165) is 6.07 Å². The molecule has 0 saturated carbocycles. The van der Waals surface area contributed by atoms with Gasteiger partial charge < -0.3 is 9.47 Å². The molecule has 2 atom stereocenters. The molecule has 1 aliphatic rings. The molecule has 1 heterocycles. The largest absolute Gasteiger partial charge is 0.347 e. The van der Waals surface area contributed by atoms with Gasteiger partial charge >= 0.3 is 0 Å². The minimum atomic E-state index is -1.02. The standard InChI is InChI=1S/C10H10F2O2/c1-6-10(13-2,14-6)8-4-3-7(11)5-9(8)12/h3-6H,1-2H3. The van der Waals surface area contributed by atoms with Crippen molar-refractivity contribution in [2.75, 3.05) is 7.11 Å². The van der Waals surface area contributed by atoms with E-state index in [-0.39, 0.29) is 11.7 Å². The Morgan fingerprint density at radius 3 is 2.50 bits per heavy atom. The minimum Gasteiger partial charge on any atom is -0.347 e. The lowest BCUT2D eigenvalue weighted by atomic mass is 10.1. The van der Waals surface area contributed by atoms with E-state index >= 15 is 0 Å². The van der Waals surface area contributed by atoms with Crippen molar-refractivity contribution in [3.8, 4) is 0 Å². The van der Waals surface area contributed by atoms with E-state index in [1.165, 1.54) is 19.2 Å². The third-order valence-electron chi connectivity index (χ3n) is 2.44. The Bertz CT molecular complexity index is 363. The molecule has 1 aromatic rings. The minimum absolute atomic E-state index is 0.201. The molecular formula is C10H10F2O2. The highest BCUT2D eigenvalue weighted by atomic mass is 19.1. The van der Waals surface area contributed by atoms with E-state index in [4.69, 9.17) is 9.47 Å². The second kappa shape index (κ2) is 3.00. The molecule has 14 heavy (non-hydrogen) atoms. The number of ether oxygens (including phenoxy) is 2. The van der Waals surface area contributed by atoms with E-state index in [1.807, 2.05) is 0 Å². The molecule has 0 aliphatic carbocycles. The van der Waals surface area contributed by atoms with Crippen LogP contribution in [-0.4, -0.2) is 13.2 Å². The predicted octanol–water partition coefficient (Wildman–Crippen LogP) is 2.18. The number of hydrogen-bond donors (Lipinski definition) is 0.